The lowest BCUT2D eigenvalue weighted by atomic mass is 9.87. The van der Waals surface area contributed by atoms with E-state index in [2.05, 4.69) is 30.7 Å². The number of urea groups is 1. The number of aromatic hydroxyl groups is 2. The fourth-order valence-electron chi connectivity index (χ4n) is 6.39. The number of amides is 3. The number of phenolic OH excluding ortho intramolecular Hbond substituents is 2. The lowest BCUT2D eigenvalue weighted by molar-refractivity contribution is -0.121. The van der Waals surface area contributed by atoms with Crippen molar-refractivity contribution < 1.29 is 24.9 Å². The van der Waals surface area contributed by atoms with Crippen LogP contribution in [0.2, 0.25) is 0 Å². The number of thioether (sulfide) groups is 1. The number of unbranched alkanes of at least 4 members (excludes halogenated alkanes) is 1. The van der Waals surface area contributed by atoms with Gasteiger partial charge in [0.15, 0.2) is 0 Å². The largest absolute Gasteiger partial charge is 0.508 e. The molecule has 232 valence electrons. The molecular weight excluding hydrogens is 580 g/mol. The van der Waals surface area contributed by atoms with Crippen molar-refractivity contribution in [2.45, 2.75) is 75.2 Å². The molecule has 3 amide bonds. The topological polar surface area (TPSA) is 161 Å². The number of aliphatic hydroxyl groups is 1. The van der Waals surface area contributed by atoms with Crippen molar-refractivity contribution in [1.29, 1.82) is 0 Å². The van der Waals surface area contributed by atoms with Gasteiger partial charge < -0.3 is 35.8 Å². The first kappa shape index (κ1) is 29.9. The number of phenols is 2. The van der Waals surface area contributed by atoms with Gasteiger partial charge in [-0.15, -0.1) is 5.10 Å². The third-order valence-corrected chi connectivity index (χ3v) is 10.2. The average molecular weight is 619 g/mol. The monoisotopic (exact) mass is 618 g/mol. The van der Waals surface area contributed by atoms with Crippen LogP contribution < -0.4 is 16.0 Å². The number of rotatable bonds is 11. The van der Waals surface area contributed by atoms with E-state index in [1.54, 1.807) is 6.07 Å². The predicted molar refractivity (Wildman–Crippen MR) is 172 cm³/mol. The first-order valence-electron chi connectivity index (χ1n) is 15.1. The number of nitrogens with zero attached hydrogens (tertiary/aromatic N) is 3. The van der Waals surface area contributed by atoms with E-state index in [0.29, 0.717) is 41.6 Å². The summed E-state index contributed by atoms with van der Waals surface area (Å²) in [5, 5.41) is 50.0. The third kappa shape index (κ3) is 5.95. The molecule has 6 rings (SSSR count). The van der Waals surface area contributed by atoms with E-state index >= 15 is 0 Å². The molecule has 2 fully saturated rings. The SMILES string of the molecule is CC(C)c1cc(C2=NN=C(O)C2c2ccc3c(ccn3CCNC(=O)CCCC[C@@H]3SC[C@H]4NC(=O)N[C@@H]34)c2)c(O)cc1O. The number of aromatic nitrogens is 1. The van der Waals surface area contributed by atoms with Gasteiger partial charge in [0, 0.05) is 53.9 Å². The summed E-state index contributed by atoms with van der Waals surface area (Å²) in [5.74, 6) is 0.0787. The highest BCUT2D eigenvalue weighted by atomic mass is 32.2. The molecule has 44 heavy (non-hydrogen) atoms. The highest BCUT2D eigenvalue weighted by molar-refractivity contribution is 8.00. The Labute approximate surface area is 259 Å². The Morgan fingerprint density at radius 2 is 1.93 bits per heavy atom. The Bertz CT molecular complexity index is 1650. The van der Waals surface area contributed by atoms with E-state index in [9.17, 15) is 24.9 Å². The molecule has 1 unspecified atom stereocenters. The molecular formula is C32H38N6O5S. The smallest absolute Gasteiger partial charge is 0.315 e. The summed E-state index contributed by atoms with van der Waals surface area (Å²) in [6, 6.07) is 11.2. The number of hydrogen-bond donors (Lipinski definition) is 6. The van der Waals surface area contributed by atoms with E-state index < -0.39 is 5.92 Å². The molecule has 2 saturated heterocycles. The zero-order valence-corrected chi connectivity index (χ0v) is 25.6. The molecule has 2 aromatic carbocycles. The molecule has 4 atom stereocenters. The van der Waals surface area contributed by atoms with Crippen LogP contribution in [0.5, 0.6) is 11.5 Å². The van der Waals surface area contributed by atoms with Crippen molar-refractivity contribution in [2.75, 3.05) is 12.3 Å². The van der Waals surface area contributed by atoms with Crippen LogP contribution in [0.1, 0.15) is 68.1 Å². The van der Waals surface area contributed by atoms with Crippen molar-refractivity contribution in [1.82, 2.24) is 20.5 Å². The molecule has 0 spiro atoms. The van der Waals surface area contributed by atoms with Crippen molar-refractivity contribution in [3.05, 3.63) is 59.3 Å². The Morgan fingerprint density at radius 3 is 2.75 bits per heavy atom. The molecule has 3 aliphatic heterocycles. The molecule has 1 aromatic heterocycles. The van der Waals surface area contributed by atoms with E-state index in [4.69, 9.17) is 0 Å². The number of carbonyl (C=O) groups is 2. The third-order valence-electron chi connectivity index (χ3n) is 8.72. The maximum atomic E-state index is 12.5. The van der Waals surface area contributed by atoms with E-state index in [1.807, 2.05) is 56.1 Å². The van der Waals surface area contributed by atoms with Crippen LogP contribution in [0.3, 0.4) is 0 Å². The standard InChI is InChI=1S/C32H38N6O5S/c1-17(2)20-14-21(25(40)15-24(20)39)29-28(31(42)37-36-29)19-7-8-23-18(13-19)9-11-38(23)12-10-33-27(41)6-4-3-5-26-30-22(16-44-26)34-32(43)35-30/h7-9,11,13-15,17,22,26,28,30,39-40H,3-6,10,12,16H2,1-2H3,(H,33,41)(H,37,42)(H2,34,35,43)/t22-,26+,28?,30-/m1/s1. The normalized spacial score (nSPS) is 22.6. The first-order chi connectivity index (χ1) is 21.2. The summed E-state index contributed by atoms with van der Waals surface area (Å²) < 4.78 is 2.08. The zero-order valence-electron chi connectivity index (χ0n) is 24.8. The molecule has 11 nitrogen and oxygen atoms in total. The average Bonchev–Trinajstić information content (AvgIpc) is 3.75. The van der Waals surface area contributed by atoms with Crippen molar-refractivity contribution in [3.8, 4) is 11.5 Å². The molecule has 3 aromatic rings. The quantitative estimate of drug-likeness (QED) is 0.137. The molecule has 3 aliphatic rings. The summed E-state index contributed by atoms with van der Waals surface area (Å²) in [4.78, 5) is 24.0. The van der Waals surface area contributed by atoms with Gasteiger partial charge in [0.05, 0.1) is 17.8 Å². The van der Waals surface area contributed by atoms with Crippen LogP contribution in [0.15, 0.2) is 52.8 Å². The van der Waals surface area contributed by atoms with Crippen molar-refractivity contribution in [3.63, 3.8) is 0 Å². The fraction of sp³-hybridized carbons (Fsp3) is 0.438. The highest BCUT2D eigenvalue weighted by Gasteiger charge is 2.42. The number of fused-ring (bicyclic) bond motifs is 2. The van der Waals surface area contributed by atoms with Gasteiger partial charge >= 0.3 is 6.03 Å². The van der Waals surface area contributed by atoms with Crippen molar-refractivity contribution >= 4 is 46.2 Å². The van der Waals surface area contributed by atoms with Gasteiger partial charge in [-0.25, -0.2) is 4.79 Å². The number of hydrogen-bond acceptors (Lipinski definition) is 7. The highest BCUT2D eigenvalue weighted by Crippen LogP contribution is 2.38. The van der Waals surface area contributed by atoms with E-state index in [-0.39, 0.29) is 47.3 Å². The molecule has 12 heteroatoms. The number of carbonyl (C=O) groups excluding carboxylic acids is 2. The lowest BCUT2D eigenvalue weighted by Gasteiger charge is -2.17. The van der Waals surface area contributed by atoms with Crippen LogP contribution in [0.4, 0.5) is 4.79 Å². The second-order valence-corrected chi connectivity index (χ2v) is 13.3. The van der Waals surface area contributed by atoms with Gasteiger partial charge in [-0.05, 0) is 59.5 Å². The zero-order chi connectivity index (χ0) is 31.0. The Morgan fingerprint density at radius 1 is 1.09 bits per heavy atom. The molecule has 6 N–H and O–H groups in total. The predicted octanol–water partition coefficient (Wildman–Crippen LogP) is 4.48. The van der Waals surface area contributed by atoms with Crippen LogP contribution in [-0.4, -0.2) is 73.1 Å². The van der Waals surface area contributed by atoms with Crippen LogP contribution in [0, 0.1) is 0 Å². The maximum absolute atomic E-state index is 12.5. The van der Waals surface area contributed by atoms with Gasteiger partial charge in [0.25, 0.3) is 0 Å². The Kier molecular flexibility index (Phi) is 8.44. The minimum Gasteiger partial charge on any atom is -0.508 e. The summed E-state index contributed by atoms with van der Waals surface area (Å²) in [7, 11) is 0. The minimum absolute atomic E-state index is 0.0104. The van der Waals surface area contributed by atoms with Crippen LogP contribution in [-0.2, 0) is 11.3 Å². The van der Waals surface area contributed by atoms with E-state index in [1.165, 1.54) is 6.07 Å². The first-order valence-corrected chi connectivity index (χ1v) is 16.2. The fourth-order valence-corrected chi connectivity index (χ4v) is 7.94. The minimum atomic E-state index is -0.653. The molecule has 0 aliphatic carbocycles. The Hall–Kier alpha value is -4.19. The van der Waals surface area contributed by atoms with Gasteiger partial charge in [-0.3, -0.25) is 4.79 Å². The van der Waals surface area contributed by atoms with Gasteiger partial charge in [0.1, 0.15) is 17.4 Å². The molecule has 4 heterocycles. The van der Waals surface area contributed by atoms with Crippen LogP contribution >= 0.6 is 11.8 Å². The number of aliphatic hydroxyl groups excluding tert-OH is 1. The number of nitrogens with one attached hydrogen (secondary N) is 3. The maximum Gasteiger partial charge on any atom is 0.315 e. The van der Waals surface area contributed by atoms with Crippen LogP contribution in [0.25, 0.3) is 10.9 Å². The summed E-state index contributed by atoms with van der Waals surface area (Å²) in [6.45, 7) is 5.02. The Balaban J connectivity index is 1.03. The number of benzene rings is 2. The van der Waals surface area contributed by atoms with Crippen molar-refractivity contribution in [2.24, 2.45) is 10.2 Å². The molecule has 0 bridgehead atoms. The second kappa shape index (κ2) is 12.4. The summed E-state index contributed by atoms with van der Waals surface area (Å²) >= 11 is 1.89. The lowest BCUT2D eigenvalue weighted by Crippen LogP contribution is -2.36. The molecule has 0 radical (unpaired) electrons. The van der Waals surface area contributed by atoms with Gasteiger partial charge in [0.2, 0.25) is 11.8 Å². The second-order valence-electron chi connectivity index (χ2n) is 12.0. The van der Waals surface area contributed by atoms with E-state index in [0.717, 1.165) is 41.5 Å². The summed E-state index contributed by atoms with van der Waals surface area (Å²) in [5.41, 5.74) is 3.27. The summed E-state index contributed by atoms with van der Waals surface area (Å²) in [6.07, 6.45) is 5.22. The van der Waals surface area contributed by atoms with Gasteiger partial charge in [-0.2, -0.15) is 16.9 Å². The van der Waals surface area contributed by atoms with Gasteiger partial charge in [-0.1, -0.05) is 26.3 Å². The molecule has 0 saturated carbocycles.